The Kier molecular flexibility index (Phi) is 6.91. The number of hydrogen-bond donors (Lipinski definition) is 0. The highest BCUT2D eigenvalue weighted by Crippen LogP contribution is 2.36. The summed E-state index contributed by atoms with van der Waals surface area (Å²) in [4.78, 5) is 0.185. The Morgan fingerprint density at radius 3 is 2.30 bits per heavy atom. The number of nitrogens with zero attached hydrogens (tertiary/aromatic N) is 2. The fourth-order valence-electron chi connectivity index (χ4n) is 2.15. The highest BCUT2D eigenvalue weighted by molar-refractivity contribution is 7.89. The van der Waals surface area contributed by atoms with Crippen LogP contribution < -0.4 is 14.2 Å². The molecular weight excluding hydrogens is 392 g/mol. The van der Waals surface area contributed by atoms with Gasteiger partial charge in [0, 0.05) is 20.2 Å². The zero-order valence-electron chi connectivity index (χ0n) is 15.1. The molecule has 0 unspecified atom stereocenters. The molecule has 2 aromatic carbocycles. The SMILES string of the molecule is COc1cc(C#N)cc(Cl)c1OCCOc1ccc(S(=O)(=O)N(C)C)cc1. The molecule has 0 amide bonds. The van der Waals surface area contributed by atoms with Gasteiger partial charge in [-0.3, -0.25) is 0 Å². The highest BCUT2D eigenvalue weighted by Gasteiger charge is 2.16. The molecule has 27 heavy (non-hydrogen) atoms. The van der Waals surface area contributed by atoms with Gasteiger partial charge in [0.1, 0.15) is 19.0 Å². The summed E-state index contributed by atoms with van der Waals surface area (Å²) < 4.78 is 41.5. The van der Waals surface area contributed by atoms with E-state index in [1.165, 1.54) is 45.5 Å². The zero-order valence-corrected chi connectivity index (χ0v) is 16.7. The maximum absolute atomic E-state index is 12.0. The molecule has 9 heteroatoms. The molecule has 2 aromatic rings. The van der Waals surface area contributed by atoms with Gasteiger partial charge >= 0.3 is 0 Å². The first kappa shape index (κ1) is 20.8. The fraction of sp³-hybridized carbons (Fsp3) is 0.278. The van der Waals surface area contributed by atoms with Crippen LogP contribution in [0.4, 0.5) is 0 Å². The van der Waals surface area contributed by atoms with Crippen molar-refractivity contribution in [2.24, 2.45) is 0 Å². The molecule has 2 rings (SSSR count). The minimum atomic E-state index is -3.47. The molecule has 7 nitrogen and oxygen atoms in total. The monoisotopic (exact) mass is 410 g/mol. The summed E-state index contributed by atoms with van der Waals surface area (Å²) in [6.07, 6.45) is 0. The van der Waals surface area contributed by atoms with Gasteiger partial charge in [-0.05, 0) is 30.3 Å². The van der Waals surface area contributed by atoms with Gasteiger partial charge in [-0.2, -0.15) is 5.26 Å². The standard InChI is InChI=1S/C18H19ClN2O5S/c1-21(2)27(22,23)15-6-4-14(5-7-15)25-8-9-26-18-16(19)10-13(12-20)11-17(18)24-3/h4-7,10-11H,8-9H2,1-3H3. The van der Waals surface area contributed by atoms with Crippen molar-refractivity contribution < 1.29 is 22.6 Å². The fourth-order valence-corrected chi connectivity index (χ4v) is 3.31. The number of sulfonamides is 1. The third-order valence-electron chi connectivity index (χ3n) is 3.56. The van der Waals surface area contributed by atoms with Crippen molar-refractivity contribution in [1.82, 2.24) is 4.31 Å². The van der Waals surface area contributed by atoms with E-state index in [2.05, 4.69) is 0 Å². The Labute approximate surface area is 163 Å². The molecule has 0 saturated heterocycles. The van der Waals surface area contributed by atoms with Crippen LogP contribution in [0.2, 0.25) is 5.02 Å². The second-order valence-corrected chi connectivity index (χ2v) is 8.12. The van der Waals surface area contributed by atoms with Crippen molar-refractivity contribution in [3.8, 4) is 23.3 Å². The summed E-state index contributed by atoms with van der Waals surface area (Å²) in [6, 6.07) is 11.1. The molecule has 0 aliphatic rings. The molecule has 0 aromatic heterocycles. The van der Waals surface area contributed by atoms with Crippen LogP contribution in [0.1, 0.15) is 5.56 Å². The summed E-state index contributed by atoms with van der Waals surface area (Å²) in [7, 11) is 0.930. The van der Waals surface area contributed by atoms with Gasteiger partial charge in [-0.1, -0.05) is 11.6 Å². The van der Waals surface area contributed by atoms with Crippen LogP contribution in [0.25, 0.3) is 0 Å². The smallest absolute Gasteiger partial charge is 0.242 e. The predicted molar refractivity (Wildman–Crippen MR) is 101 cm³/mol. The quantitative estimate of drug-likeness (QED) is 0.621. The average Bonchev–Trinajstić information content (AvgIpc) is 2.65. The molecule has 0 radical (unpaired) electrons. The zero-order chi connectivity index (χ0) is 20.0. The van der Waals surface area contributed by atoms with Gasteiger partial charge in [0.2, 0.25) is 10.0 Å². The van der Waals surface area contributed by atoms with E-state index in [4.69, 9.17) is 31.1 Å². The lowest BCUT2D eigenvalue weighted by atomic mass is 10.2. The molecule has 0 saturated carbocycles. The number of hydrogen-bond acceptors (Lipinski definition) is 6. The molecule has 0 atom stereocenters. The number of nitriles is 1. The Morgan fingerprint density at radius 2 is 1.74 bits per heavy atom. The van der Waals surface area contributed by atoms with E-state index in [0.717, 1.165) is 4.31 Å². The number of ether oxygens (including phenoxy) is 3. The van der Waals surface area contributed by atoms with Crippen LogP contribution >= 0.6 is 11.6 Å². The second kappa shape index (κ2) is 8.95. The maximum atomic E-state index is 12.0. The molecule has 0 fully saturated rings. The van der Waals surface area contributed by atoms with E-state index < -0.39 is 10.0 Å². The summed E-state index contributed by atoms with van der Waals surface area (Å²) in [5.74, 6) is 1.20. The lowest BCUT2D eigenvalue weighted by Crippen LogP contribution is -2.22. The van der Waals surface area contributed by atoms with Crippen molar-refractivity contribution in [3.63, 3.8) is 0 Å². The number of benzene rings is 2. The third kappa shape index (κ3) is 5.04. The molecular formula is C18H19ClN2O5S. The van der Waals surface area contributed by atoms with Gasteiger partial charge in [-0.15, -0.1) is 0 Å². The molecule has 0 spiro atoms. The number of methoxy groups -OCH3 is 1. The molecule has 0 aliphatic heterocycles. The van der Waals surface area contributed by atoms with Gasteiger partial charge in [0.15, 0.2) is 11.5 Å². The van der Waals surface area contributed by atoms with Crippen molar-refractivity contribution in [2.75, 3.05) is 34.4 Å². The number of halogens is 1. The van der Waals surface area contributed by atoms with Crippen LogP contribution in [0.5, 0.6) is 17.2 Å². The van der Waals surface area contributed by atoms with Gasteiger partial charge in [0.05, 0.1) is 28.7 Å². The van der Waals surface area contributed by atoms with E-state index in [1.807, 2.05) is 6.07 Å². The van der Waals surface area contributed by atoms with Crippen LogP contribution in [0.15, 0.2) is 41.3 Å². The molecule has 0 N–H and O–H groups in total. The van der Waals surface area contributed by atoms with Crippen LogP contribution in [0, 0.1) is 11.3 Å². The Bertz CT molecular complexity index is 937. The first-order valence-corrected chi connectivity index (χ1v) is 9.67. The van der Waals surface area contributed by atoms with E-state index in [-0.39, 0.29) is 23.1 Å². The Morgan fingerprint density at radius 1 is 1.11 bits per heavy atom. The maximum Gasteiger partial charge on any atom is 0.242 e. The van der Waals surface area contributed by atoms with Crippen molar-refractivity contribution in [2.45, 2.75) is 4.90 Å². The average molecular weight is 411 g/mol. The highest BCUT2D eigenvalue weighted by atomic mass is 35.5. The van der Waals surface area contributed by atoms with Crippen LogP contribution in [-0.4, -0.2) is 47.1 Å². The first-order valence-electron chi connectivity index (χ1n) is 7.85. The minimum Gasteiger partial charge on any atom is -0.493 e. The van der Waals surface area contributed by atoms with Crippen LogP contribution in [-0.2, 0) is 10.0 Å². The lowest BCUT2D eigenvalue weighted by molar-refractivity contribution is 0.211. The minimum absolute atomic E-state index is 0.180. The van der Waals surface area contributed by atoms with E-state index >= 15 is 0 Å². The first-order chi connectivity index (χ1) is 12.8. The van der Waals surface area contributed by atoms with E-state index in [0.29, 0.717) is 22.8 Å². The third-order valence-corrected chi connectivity index (χ3v) is 5.67. The van der Waals surface area contributed by atoms with Crippen LogP contribution in [0.3, 0.4) is 0 Å². The molecule has 0 bridgehead atoms. The van der Waals surface area contributed by atoms with Crippen molar-refractivity contribution in [1.29, 1.82) is 5.26 Å². The van der Waals surface area contributed by atoms with Gasteiger partial charge < -0.3 is 14.2 Å². The van der Waals surface area contributed by atoms with Crippen molar-refractivity contribution in [3.05, 3.63) is 47.0 Å². The largest absolute Gasteiger partial charge is 0.493 e. The summed E-state index contributed by atoms with van der Waals surface area (Å²) in [5, 5.41) is 9.22. The normalized spacial score (nSPS) is 11.1. The topological polar surface area (TPSA) is 88.9 Å². The number of rotatable bonds is 8. The van der Waals surface area contributed by atoms with Gasteiger partial charge in [-0.25, -0.2) is 12.7 Å². The molecule has 0 aliphatic carbocycles. The van der Waals surface area contributed by atoms with Gasteiger partial charge in [0.25, 0.3) is 0 Å². The van der Waals surface area contributed by atoms with E-state index in [9.17, 15) is 8.42 Å². The summed E-state index contributed by atoms with van der Waals surface area (Å²) in [6.45, 7) is 0.388. The molecule has 0 heterocycles. The Hall–Kier alpha value is -2.47. The summed E-state index contributed by atoms with van der Waals surface area (Å²) >= 11 is 6.12. The summed E-state index contributed by atoms with van der Waals surface area (Å²) in [5.41, 5.74) is 0.369. The predicted octanol–water partition coefficient (Wildman–Crippen LogP) is 2.93. The Balaban J connectivity index is 1.96. The van der Waals surface area contributed by atoms with Crippen molar-refractivity contribution >= 4 is 21.6 Å². The second-order valence-electron chi connectivity index (χ2n) is 5.56. The lowest BCUT2D eigenvalue weighted by Gasteiger charge is -2.14. The van der Waals surface area contributed by atoms with E-state index in [1.54, 1.807) is 12.1 Å². The molecule has 144 valence electrons.